The molecule has 6 heteroatoms. The Morgan fingerprint density at radius 1 is 1.18 bits per heavy atom. The summed E-state index contributed by atoms with van der Waals surface area (Å²) >= 11 is 0. The first-order valence-corrected chi connectivity index (χ1v) is 7.61. The van der Waals surface area contributed by atoms with Crippen molar-refractivity contribution in [1.82, 2.24) is 10.2 Å². The quantitative estimate of drug-likeness (QED) is 0.534. The molecule has 0 saturated carbocycles. The standard InChI is InChI=1S/C16H28N4O2/c1-5-20(6-2)10-9-18-16(17)19-12-13-7-8-14(21-3)15(11-13)22-4/h7-8,11H,5-6,9-10,12H2,1-4H3,(H3,17,18,19). The summed E-state index contributed by atoms with van der Waals surface area (Å²) in [5, 5.41) is 3.13. The number of guanidine groups is 1. The zero-order chi connectivity index (χ0) is 16.4. The highest BCUT2D eigenvalue weighted by Crippen LogP contribution is 2.27. The van der Waals surface area contributed by atoms with Crippen LogP contribution < -0.4 is 20.5 Å². The van der Waals surface area contributed by atoms with Gasteiger partial charge in [-0.3, -0.25) is 0 Å². The number of ether oxygens (including phenoxy) is 2. The largest absolute Gasteiger partial charge is 0.493 e. The van der Waals surface area contributed by atoms with Gasteiger partial charge in [0, 0.05) is 13.1 Å². The van der Waals surface area contributed by atoms with E-state index < -0.39 is 0 Å². The zero-order valence-corrected chi connectivity index (χ0v) is 14.1. The Hall–Kier alpha value is -1.95. The number of rotatable bonds is 9. The lowest BCUT2D eigenvalue weighted by molar-refractivity contribution is 0.308. The monoisotopic (exact) mass is 308 g/mol. The van der Waals surface area contributed by atoms with E-state index in [1.54, 1.807) is 14.2 Å². The van der Waals surface area contributed by atoms with Gasteiger partial charge in [-0.25, -0.2) is 4.99 Å². The van der Waals surface area contributed by atoms with Gasteiger partial charge in [-0.2, -0.15) is 0 Å². The van der Waals surface area contributed by atoms with Crippen molar-refractivity contribution in [2.24, 2.45) is 10.7 Å². The lowest BCUT2D eigenvalue weighted by atomic mass is 10.2. The fourth-order valence-corrected chi connectivity index (χ4v) is 2.09. The molecule has 6 nitrogen and oxygen atoms in total. The molecule has 3 N–H and O–H groups in total. The molecule has 0 aliphatic rings. The maximum absolute atomic E-state index is 5.88. The first-order chi connectivity index (χ1) is 10.6. The molecule has 1 aromatic rings. The second kappa shape index (κ2) is 9.89. The van der Waals surface area contributed by atoms with Gasteiger partial charge in [-0.15, -0.1) is 0 Å². The molecule has 0 saturated heterocycles. The number of nitrogens with zero attached hydrogens (tertiary/aromatic N) is 2. The van der Waals surface area contributed by atoms with Gasteiger partial charge in [0.25, 0.3) is 0 Å². The Bertz CT molecular complexity index is 473. The molecule has 0 aliphatic carbocycles. The molecule has 0 spiro atoms. The molecule has 124 valence electrons. The van der Waals surface area contributed by atoms with Crippen LogP contribution in [0.15, 0.2) is 23.2 Å². The van der Waals surface area contributed by atoms with Gasteiger partial charge < -0.3 is 25.4 Å². The minimum Gasteiger partial charge on any atom is -0.493 e. The molecular weight excluding hydrogens is 280 g/mol. The molecule has 0 fully saturated rings. The van der Waals surface area contributed by atoms with Crippen molar-refractivity contribution in [2.75, 3.05) is 40.4 Å². The molecule has 0 aromatic heterocycles. The zero-order valence-electron chi connectivity index (χ0n) is 14.1. The maximum atomic E-state index is 5.88. The highest BCUT2D eigenvalue weighted by Gasteiger charge is 2.04. The Morgan fingerprint density at radius 3 is 2.45 bits per heavy atom. The van der Waals surface area contributed by atoms with E-state index in [1.165, 1.54) is 0 Å². The van der Waals surface area contributed by atoms with E-state index in [2.05, 4.69) is 29.1 Å². The smallest absolute Gasteiger partial charge is 0.188 e. The number of nitrogens with two attached hydrogens (primary N) is 1. The van der Waals surface area contributed by atoms with E-state index in [1.807, 2.05) is 18.2 Å². The summed E-state index contributed by atoms with van der Waals surface area (Å²) in [7, 11) is 3.24. The number of hydrogen-bond acceptors (Lipinski definition) is 4. The molecule has 0 unspecified atom stereocenters. The van der Waals surface area contributed by atoms with Crippen LogP contribution >= 0.6 is 0 Å². The lowest BCUT2D eigenvalue weighted by Crippen LogP contribution is -2.38. The predicted octanol–water partition coefficient (Wildman–Crippen LogP) is 1.45. The van der Waals surface area contributed by atoms with Gasteiger partial charge in [0.2, 0.25) is 0 Å². The molecule has 0 heterocycles. The summed E-state index contributed by atoms with van der Waals surface area (Å²) in [6.07, 6.45) is 0. The molecule has 0 radical (unpaired) electrons. The van der Waals surface area contributed by atoms with E-state index in [0.717, 1.165) is 31.7 Å². The van der Waals surface area contributed by atoms with Crippen molar-refractivity contribution in [2.45, 2.75) is 20.4 Å². The number of likely N-dealkylation sites (N-methyl/N-ethyl adjacent to an activating group) is 1. The highest BCUT2D eigenvalue weighted by molar-refractivity contribution is 5.77. The van der Waals surface area contributed by atoms with Crippen molar-refractivity contribution < 1.29 is 9.47 Å². The van der Waals surface area contributed by atoms with E-state index in [4.69, 9.17) is 15.2 Å². The molecule has 0 aliphatic heterocycles. The van der Waals surface area contributed by atoms with Gasteiger partial charge in [0.1, 0.15) is 0 Å². The number of nitrogens with one attached hydrogen (secondary N) is 1. The van der Waals surface area contributed by atoms with Gasteiger partial charge in [-0.05, 0) is 30.8 Å². The summed E-state index contributed by atoms with van der Waals surface area (Å²) in [5.41, 5.74) is 6.90. The molecule has 0 bridgehead atoms. The van der Waals surface area contributed by atoms with Crippen LogP contribution in [0.3, 0.4) is 0 Å². The first kappa shape index (κ1) is 18.1. The molecule has 0 atom stereocenters. The predicted molar refractivity (Wildman–Crippen MR) is 90.7 cm³/mol. The Labute approximate surface area is 133 Å². The molecule has 1 aromatic carbocycles. The molecular formula is C16H28N4O2. The topological polar surface area (TPSA) is 72.1 Å². The van der Waals surface area contributed by atoms with Gasteiger partial charge >= 0.3 is 0 Å². The average Bonchev–Trinajstić information content (AvgIpc) is 2.56. The second-order valence-electron chi connectivity index (χ2n) is 4.84. The van der Waals surface area contributed by atoms with Crippen LogP contribution in [0.1, 0.15) is 19.4 Å². The van der Waals surface area contributed by atoms with Crippen LogP contribution in [0.4, 0.5) is 0 Å². The normalized spacial score (nSPS) is 11.6. The third-order valence-corrected chi connectivity index (χ3v) is 3.51. The van der Waals surface area contributed by atoms with Crippen molar-refractivity contribution in [1.29, 1.82) is 0 Å². The van der Waals surface area contributed by atoms with Crippen LogP contribution in [-0.2, 0) is 6.54 Å². The van der Waals surface area contributed by atoms with Crippen molar-refractivity contribution in [3.8, 4) is 11.5 Å². The van der Waals surface area contributed by atoms with Crippen LogP contribution in [0.5, 0.6) is 11.5 Å². The van der Waals surface area contributed by atoms with Crippen molar-refractivity contribution in [3.05, 3.63) is 23.8 Å². The van der Waals surface area contributed by atoms with Crippen LogP contribution in [-0.4, -0.2) is 51.3 Å². The summed E-state index contributed by atoms with van der Waals surface area (Å²) in [4.78, 5) is 6.67. The minimum absolute atomic E-state index is 0.460. The Morgan fingerprint density at radius 2 is 1.86 bits per heavy atom. The minimum atomic E-state index is 0.460. The number of aliphatic imine (C=N–C) groups is 1. The fraction of sp³-hybridized carbons (Fsp3) is 0.562. The van der Waals surface area contributed by atoms with Gasteiger partial charge in [-0.1, -0.05) is 19.9 Å². The molecule has 1 rings (SSSR count). The highest BCUT2D eigenvalue weighted by atomic mass is 16.5. The molecule has 0 amide bonds. The number of benzene rings is 1. The number of hydrogen-bond donors (Lipinski definition) is 2. The first-order valence-electron chi connectivity index (χ1n) is 7.61. The van der Waals surface area contributed by atoms with E-state index >= 15 is 0 Å². The number of methoxy groups -OCH3 is 2. The summed E-state index contributed by atoms with van der Waals surface area (Å²) in [5.74, 6) is 1.87. The Balaban J connectivity index is 2.49. The van der Waals surface area contributed by atoms with Crippen LogP contribution in [0.2, 0.25) is 0 Å². The van der Waals surface area contributed by atoms with E-state index in [0.29, 0.717) is 24.0 Å². The second-order valence-corrected chi connectivity index (χ2v) is 4.84. The summed E-state index contributed by atoms with van der Waals surface area (Å²) < 4.78 is 10.5. The van der Waals surface area contributed by atoms with Crippen LogP contribution in [0, 0.1) is 0 Å². The molecule has 22 heavy (non-hydrogen) atoms. The fourth-order valence-electron chi connectivity index (χ4n) is 2.09. The summed E-state index contributed by atoms with van der Waals surface area (Å²) in [6, 6.07) is 5.73. The van der Waals surface area contributed by atoms with E-state index in [-0.39, 0.29) is 0 Å². The Kier molecular flexibility index (Phi) is 8.14. The lowest BCUT2D eigenvalue weighted by Gasteiger charge is -2.18. The average molecular weight is 308 g/mol. The van der Waals surface area contributed by atoms with Crippen LogP contribution in [0.25, 0.3) is 0 Å². The van der Waals surface area contributed by atoms with Gasteiger partial charge in [0.05, 0.1) is 20.8 Å². The van der Waals surface area contributed by atoms with E-state index in [9.17, 15) is 0 Å². The maximum Gasteiger partial charge on any atom is 0.188 e. The van der Waals surface area contributed by atoms with Gasteiger partial charge in [0.15, 0.2) is 17.5 Å². The third kappa shape index (κ3) is 5.81. The SMILES string of the molecule is CCN(CC)CCNC(N)=NCc1ccc(OC)c(OC)c1. The van der Waals surface area contributed by atoms with Crippen molar-refractivity contribution >= 4 is 5.96 Å². The summed E-state index contributed by atoms with van der Waals surface area (Å²) in [6.45, 7) is 8.64. The van der Waals surface area contributed by atoms with Crippen molar-refractivity contribution in [3.63, 3.8) is 0 Å². The third-order valence-electron chi connectivity index (χ3n) is 3.51.